The summed E-state index contributed by atoms with van der Waals surface area (Å²) in [6, 6.07) is 7.94. The van der Waals surface area contributed by atoms with Crippen molar-refractivity contribution in [3.63, 3.8) is 0 Å². The zero-order chi connectivity index (χ0) is 25.4. The Kier molecular flexibility index (Phi) is 9.38. The van der Waals surface area contributed by atoms with Gasteiger partial charge in [-0.15, -0.1) is 11.3 Å². The zero-order valence-corrected chi connectivity index (χ0v) is 21.1. The van der Waals surface area contributed by atoms with Crippen LogP contribution >= 0.6 is 23.1 Å². The van der Waals surface area contributed by atoms with Crippen LogP contribution in [0, 0.1) is 0 Å². The predicted molar refractivity (Wildman–Crippen MR) is 137 cm³/mol. The fourth-order valence-corrected chi connectivity index (χ4v) is 4.98. The van der Waals surface area contributed by atoms with E-state index in [9.17, 15) is 19.2 Å². The van der Waals surface area contributed by atoms with Gasteiger partial charge in [0.2, 0.25) is 17.7 Å². The smallest absolute Gasteiger partial charge is 0.319 e. The minimum atomic E-state index is -0.899. The van der Waals surface area contributed by atoms with E-state index in [4.69, 9.17) is 10.5 Å². The summed E-state index contributed by atoms with van der Waals surface area (Å²) >= 11 is 2.81. The molecule has 35 heavy (non-hydrogen) atoms. The number of rotatable bonds is 10. The molecule has 1 aliphatic heterocycles. The Morgan fingerprint density at radius 2 is 1.97 bits per heavy atom. The molecule has 1 aromatic carbocycles. The van der Waals surface area contributed by atoms with Crippen molar-refractivity contribution in [1.82, 2.24) is 15.5 Å². The van der Waals surface area contributed by atoms with Crippen molar-refractivity contribution >= 4 is 52.5 Å². The van der Waals surface area contributed by atoms with Crippen LogP contribution in [0.15, 0.2) is 41.8 Å². The minimum absolute atomic E-state index is 0.180. The molecule has 5 N–H and O–H groups in total. The fraction of sp³-hybridized carbons (Fsp3) is 0.391. The molecule has 0 radical (unpaired) electrons. The second-order valence-corrected chi connectivity index (χ2v) is 9.90. The highest BCUT2D eigenvalue weighted by atomic mass is 32.2. The molecule has 3 unspecified atom stereocenters. The fourth-order valence-electron chi connectivity index (χ4n) is 3.82. The number of primary amides is 1. The van der Waals surface area contributed by atoms with Crippen LogP contribution in [0.1, 0.15) is 11.3 Å². The molecule has 12 heteroatoms. The first-order valence-electron chi connectivity index (χ1n) is 10.9. The lowest BCUT2D eigenvalue weighted by atomic mass is 10.1. The normalized spacial score (nSPS) is 17.9. The predicted octanol–water partition coefficient (Wildman–Crippen LogP) is 1.42. The first-order valence-corrected chi connectivity index (χ1v) is 13.2. The van der Waals surface area contributed by atoms with Gasteiger partial charge in [0.05, 0.1) is 18.9 Å². The monoisotopic (exact) mass is 519 g/mol. The molecule has 0 spiro atoms. The lowest BCUT2D eigenvalue weighted by molar-refractivity contribution is -0.137. The highest BCUT2D eigenvalue weighted by Crippen LogP contribution is 2.21. The van der Waals surface area contributed by atoms with E-state index in [1.807, 2.05) is 17.5 Å². The number of thiophene rings is 1. The van der Waals surface area contributed by atoms with Crippen molar-refractivity contribution in [1.29, 1.82) is 0 Å². The highest BCUT2D eigenvalue weighted by Gasteiger charge is 2.40. The Morgan fingerprint density at radius 1 is 1.23 bits per heavy atom. The van der Waals surface area contributed by atoms with Crippen LogP contribution in [0.3, 0.4) is 0 Å². The van der Waals surface area contributed by atoms with Crippen LogP contribution in [0.4, 0.5) is 10.5 Å². The minimum Gasteiger partial charge on any atom is -0.497 e. The van der Waals surface area contributed by atoms with Crippen LogP contribution in [0.25, 0.3) is 0 Å². The van der Waals surface area contributed by atoms with E-state index < -0.39 is 36.0 Å². The molecule has 10 nitrogen and oxygen atoms in total. The Balaban J connectivity index is 1.65. The van der Waals surface area contributed by atoms with Crippen LogP contribution in [-0.4, -0.2) is 72.4 Å². The molecular formula is C23H29N5O5S2. The summed E-state index contributed by atoms with van der Waals surface area (Å²) in [6.07, 6.45) is 2.29. The average Bonchev–Trinajstić information content (AvgIpc) is 3.49. The Labute approximate surface area is 211 Å². The van der Waals surface area contributed by atoms with E-state index in [1.165, 1.54) is 28.0 Å². The molecule has 1 aliphatic rings. The zero-order valence-electron chi connectivity index (χ0n) is 19.5. The van der Waals surface area contributed by atoms with Gasteiger partial charge in [-0.3, -0.25) is 14.4 Å². The number of urea groups is 1. The molecule has 0 aliphatic carbocycles. The molecular weight excluding hydrogens is 490 g/mol. The maximum atomic E-state index is 13.1. The van der Waals surface area contributed by atoms with Crippen molar-refractivity contribution in [2.45, 2.75) is 31.0 Å². The number of likely N-dealkylation sites (tertiary alicyclic amines) is 1. The van der Waals surface area contributed by atoms with Crippen molar-refractivity contribution in [2.24, 2.45) is 5.73 Å². The van der Waals surface area contributed by atoms with Gasteiger partial charge in [-0.1, -0.05) is 6.07 Å². The number of nitrogens with zero attached hydrogens (tertiary/aromatic N) is 1. The summed E-state index contributed by atoms with van der Waals surface area (Å²) in [7, 11) is 1.56. The molecule has 1 fully saturated rings. The largest absolute Gasteiger partial charge is 0.497 e. The summed E-state index contributed by atoms with van der Waals surface area (Å²) in [5.74, 6) is -0.480. The molecule has 3 atom stereocenters. The maximum Gasteiger partial charge on any atom is 0.319 e. The summed E-state index contributed by atoms with van der Waals surface area (Å²) in [5.41, 5.74) is 6.09. The van der Waals surface area contributed by atoms with Crippen molar-refractivity contribution in [3.8, 4) is 5.75 Å². The number of carbonyl (C=O) groups excluding carboxylic acids is 4. The lowest BCUT2D eigenvalue weighted by Crippen LogP contribution is -2.53. The van der Waals surface area contributed by atoms with Gasteiger partial charge in [-0.05, 0) is 48.4 Å². The number of hydrogen-bond donors (Lipinski definition) is 4. The van der Waals surface area contributed by atoms with E-state index >= 15 is 0 Å². The third kappa shape index (κ3) is 7.36. The number of anilines is 1. The van der Waals surface area contributed by atoms with Crippen LogP contribution in [0.5, 0.6) is 5.75 Å². The first kappa shape index (κ1) is 26.4. The van der Waals surface area contributed by atoms with Gasteiger partial charge in [0, 0.05) is 23.5 Å². The number of methoxy groups -OCH3 is 1. The molecule has 5 amide bonds. The summed E-state index contributed by atoms with van der Waals surface area (Å²) < 4.78 is 5.11. The van der Waals surface area contributed by atoms with E-state index in [0.29, 0.717) is 11.4 Å². The highest BCUT2D eigenvalue weighted by molar-refractivity contribution is 7.99. The standard InChI is InChI=1S/C23H29N5O5S2/c1-33-16-7-5-14(6-8-16)25-23(32)26-15-10-19(28(12-15)20(29)13-34-2)22(31)27-18(21(24)30)11-17-4-3-9-35-17/h3-9,15,18-19H,10-13H2,1-2H3,(H2,24,30)(H,27,31)(H2,25,26,32). The summed E-state index contributed by atoms with van der Waals surface area (Å²) in [5, 5.41) is 10.1. The van der Waals surface area contributed by atoms with Gasteiger partial charge in [0.25, 0.3) is 0 Å². The van der Waals surface area contributed by atoms with Gasteiger partial charge in [0.1, 0.15) is 17.8 Å². The number of ether oxygens (including phenoxy) is 1. The van der Waals surface area contributed by atoms with Gasteiger partial charge in [-0.2, -0.15) is 11.8 Å². The number of nitrogens with one attached hydrogen (secondary N) is 3. The second-order valence-electron chi connectivity index (χ2n) is 8.00. The van der Waals surface area contributed by atoms with Crippen LogP contribution in [-0.2, 0) is 20.8 Å². The van der Waals surface area contributed by atoms with Crippen molar-refractivity contribution < 1.29 is 23.9 Å². The van der Waals surface area contributed by atoms with Crippen LogP contribution in [0.2, 0.25) is 0 Å². The van der Waals surface area contributed by atoms with Gasteiger partial charge >= 0.3 is 6.03 Å². The summed E-state index contributed by atoms with van der Waals surface area (Å²) in [6.45, 7) is 0.180. The number of carbonyl (C=O) groups is 4. The number of benzene rings is 1. The SMILES string of the molecule is COc1ccc(NC(=O)NC2CC(C(=O)NC(Cc3cccs3)C(N)=O)N(C(=O)CSC)C2)cc1. The molecule has 1 saturated heterocycles. The van der Waals surface area contributed by atoms with Gasteiger partial charge in [-0.25, -0.2) is 4.79 Å². The van der Waals surface area contributed by atoms with Gasteiger partial charge in [0.15, 0.2) is 0 Å². The molecule has 0 bridgehead atoms. The third-order valence-corrected chi connectivity index (χ3v) is 6.95. The van der Waals surface area contributed by atoms with E-state index in [0.717, 1.165) is 4.88 Å². The second kappa shape index (κ2) is 12.5. The summed E-state index contributed by atoms with van der Waals surface area (Å²) in [4.78, 5) is 52.7. The van der Waals surface area contributed by atoms with Gasteiger partial charge < -0.3 is 31.3 Å². The van der Waals surface area contributed by atoms with E-state index in [1.54, 1.807) is 37.6 Å². The number of amides is 5. The molecule has 188 valence electrons. The van der Waals surface area contributed by atoms with Crippen molar-refractivity contribution in [2.75, 3.05) is 31.0 Å². The number of nitrogens with two attached hydrogens (primary N) is 1. The van der Waals surface area contributed by atoms with E-state index in [-0.39, 0.29) is 31.0 Å². The molecule has 1 aromatic heterocycles. The number of thioether (sulfide) groups is 1. The van der Waals surface area contributed by atoms with Crippen molar-refractivity contribution in [3.05, 3.63) is 46.7 Å². The Hall–Kier alpha value is -3.25. The lowest BCUT2D eigenvalue weighted by Gasteiger charge is -2.25. The quantitative estimate of drug-likeness (QED) is 0.374. The molecule has 2 heterocycles. The first-order chi connectivity index (χ1) is 16.8. The van der Waals surface area contributed by atoms with E-state index in [2.05, 4.69) is 16.0 Å². The van der Waals surface area contributed by atoms with Crippen LogP contribution < -0.4 is 26.4 Å². The Morgan fingerprint density at radius 3 is 2.57 bits per heavy atom. The molecule has 2 aromatic rings. The third-order valence-electron chi connectivity index (χ3n) is 5.52. The topological polar surface area (TPSA) is 143 Å². The molecule has 3 rings (SSSR count). The number of hydrogen-bond acceptors (Lipinski definition) is 7. The average molecular weight is 520 g/mol. The molecule has 0 saturated carbocycles. The maximum absolute atomic E-state index is 13.1. The Bertz CT molecular complexity index is 1030.